The number of nitrogens with zero attached hydrogens (tertiary/aromatic N) is 2. The predicted octanol–water partition coefficient (Wildman–Crippen LogP) is 5.06. The third kappa shape index (κ3) is 3.47. The molecule has 166 valence electrons. The minimum absolute atomic E-state index is 0.388. The van der Waals surface area contributed by atoms with Gasteiger partial charge in [0.2, 0.25) is 0 Å². The van der Waals surface area contributed by atoms with E-state index in [2.05, 4.69) is 103 Å². The number of carboxylic acids is 1. The number of hydrogen-bond donors (Lipinski definition) is 1. The van der Waals surface area contributed by atoms with Gasteiger partial charge in [0.25, 0.3) is 0 Å². The molecule has 0 saturated carbocycles. The number of halogens is 1. The summed E-state index contributed by atoms with van der Waals surface area (Å²) >= 11 is 5.09. The Kier molecular flexibility index (Phi) is 5.72. The molecular weight excluding hydrogens is 500 g/mol. The molecule has 32 heavy (non-hydrogen) atoms. The van der Waals surface area contributed by atoms with Gasteiger partial charge >= 0.3 is 5.97 Å². The lowest BCUT2D eigenvalue weighted by atomic mass is 9.93. The van der Waals surface area contributed by atoms with Crippen LogP contribution < -0.4 is 10.1 Å². The molecule has 1 aliphatic carbocycles. The van der Waals surface area contributed by atoms with E-state index in [1.165, 1.54) is 44.3 Å². The number of thiophene rings is 1. The van der Waals surface area contributed by atoms with Gasteiger partial charge in [-0.2, -0.15) is 0 Å². The number of fused-ring (bicyclic) bond motifs is 2. The second-order valence-corrected chi connectivity index (χ2v) is 15.4. The minimum atomic E-state index is -2.01. The number of carboxylic acid groups (broad SMARTS) is 1. The first-order valence-corrected chi connectivity index (χ1v) is 15.1. The summed E-state index contributed by atoms with van der Waals surface area (Å²) in [6, 6.07) is 6.72. The first-order chi connectivity index (χ1) is 14.9. The Labute approximate surface area is 203 Å². The van der Waals surface area contributed by atoms with E-state index in [1.807, 2.05) is 6.92 Å². The molecule has 1 aromatic carbocycles. The molecule has 1 aromatic heterocycles. The van der Waals surface area contributed by atoms with E-state index < -0.39 is 14.0 Å². The molecule has 7 heteroatoms. The number of carbonyl (C=O) groups is 1. The topological polar surface area (TPSA) is 43.5 Å². The van der Waals surface area contributed by atoms with Crippen molar-refractivity contribution in [1.82, 2.24) is 0 Å². The van der Waals surface area contributed by atoms with E-state index in [-0.39, 0.29) is 0 Å². The molecule has 0 spiro atoms. The monoisotopic (exact) mass is 527 g/mol. The van der Waals surface area contributed by atoms with Gasteiger partial charge in [-0.05, 0) is 68.1 Å². The van der Waals surface area contributed by atoms with Gasteiger partial charge in [0.05, 0.1) is 4.88 Å². The molecule has 2 aliphatic rings. The van der Waals surface area contributed by atoms with Gasteiger partial charge in [-0.1, -0.05) is 19.2 Å². The van der Waals surface area contributed by atoms with Crippen LogP contribution in [0.2, 0.25) is 13.1 Å². The number of hydrogen-bond acceptors (Lipinski definition) is 3. The number of rotatable bonds is 3. The fourth-order valence-corrected chi connectivity index (χ4v) is 9.44. The van der Waals surface area contributed by atoms with Crippen molar-refractivity contribution in [3.8, 4) is 0 Å². The van der Waals surface area contributed by atoms with Gasteiger partial charge < -0.3 is 10.0 Å². The Bertz CT molecular complexity index is 1290. The molecule has 0 amide bonds. The Balaban J connectivity index is 2.12. The van der Waals surface area contributed by atoms with Crippen molar-refractivity contribution >= 4 is 63.5 Å². The van der Waals surface area contributed by atoms with Gasteiger partial charge in [0.15, 0.2) is 5.71 Å². The van der Waals surface area contributed by atoms with Crippen molar-refractivity contribution in [1.29, 1.82) is 0 Å². The highest BCUT2D eigenvalue weighted by molar-refractivity contribution is 9.10. The highest BCUT2D eigenvalue weighted by Gasteiger charge is 2.41. The zero-order valence-corrected chi connectivity index (χ0v) is 22.9. The molecule has 2 aromatic rings. The van der Waals surface area contributed by atoms with Gasteiger partial charge in [-0.15, -0.1) is 11.3 Å². The van der Waals surface area contributed by atoms with E-state index in [0.29, 0.717) is 4.88 Å². The summed E-state index contributed by atoms with van der Waals surface area (Å²) in [4.78, 5) is 15.4. The molecular formula is C25H28BrN2O2SSi+. The standard InChI is InChI=1S/C25H27BrN2O2SSi/c1-14-22(26)24(31-23(14)25(29)30)21-17-10-8-15(27(2)3)12-19(17)32(6,7)20-13-16(28(4)5)9-11-18(20)21/h8-13H,1-7H3/p+1. The normalized spacial score (nSPS) is 16.5. The molecule has 1 N–H and O–H groups in total. The SMILES string of the molecule is Cc1c(C(=O)O)sc(C2=C3C=CC(=[N+](C)C)C=C3[Si](C)(C)c3cc(N(C)C)ccc32)c1Br. The third-order valence-electron chi connectivity index (χ3n) is 6.42. The largest absolute Gasteiger partial charge is 0.477 e. The third-order valence-corrected chi connectivity index (χ3v) is 12.5. The summed E-state index contributed by atoms with van der Waals surface area (Å²) < 4.78 is 3.02. The van der Waals surface area contributed by atoms with Crippen molar-refractivity contribution in [3.63, 3.8) is 0 Å². The van der Waals surface area contributed by atoms with Crippen LogP contribution in [0.5, 0.6) is 0 Å². The molecule has 0 bridgehead atoms. The van der Waals surface area contributed by atoms with E-state index in [4.69, 9.17) is 0 Å². The lowest BCUT2D eigenvalue weighted by molar-refractivity contribution is -0.462. The lowest BCUT2D eigenvalue weighted by Crippen LogP contribution is -2.49. The molecule has 0 fully saturated rings. The number of allylic oxidation sites excluding steroid dienone is 5. The van der Waals surface area contributed by atoms with Crippen LogP contribution >= 0.6 is 27.3 Å². The highest BCUT2D eigenvalue weighted by Crippen LogP contribution is 2.47. The average Bonchev–Trinajstić information content (AvgIpc) is 3.02. The van der Waals surface area contributed by atoms with Crippen LogP contribution in [-0.2, 0) is 0 Å². The maximum absolute atomic E-state index is 11.9. The minimum Gasteiger partial charge on any atom is -0.477 e. The zero-order chi connectivity index (χ0) is 23.5. The molecule has 0 unspecified atom stereocenters. The van der Waals surface area contributed by atoms with Crippen molar-refractivity contribution in [3.05, 3.63) is 72.6 Å². The predicted molar refractivity (Wildman–Crippen MR) is 142 cm³/mol. The van der Waals surface area contributed by atoms with Crippen LogP contribution in [0, 0.1) is 6.92 Å². The Hall–Kier alpha value is -2.22. The molecule has 4 rings (SSSR count). The maximum atomic E-state index is 11.9. The van der Waals surface area contributed by atoms with E-state index in [9.17, 15) is 9.90 Å². The van der Waals surface area contributed by atoms with Gasteiger partial charge in [0, 0.05) is 42.0 Å². The Morgan fingerprint density at radius 2 is 1.88 bits per heavy atom. The molecule has 0 radical (unpaired) electrons. The van der Waals surface area contributed by atoms with Crippen molar-refractivity contribution in [2.24, 2.45) is 0 Å². The first kappa shape index (κ1) is 23.0. The van der Waals surface area contributed by atoms with Crippen molar-refractivity contribution in [2.45, 2.75) is 20.0 Å². The summed E-state index contributed by atoms with van der Waals surface area (Å²) in [5, 5.41) is 12.5. The summed E-state index contributed by atoms with van der Waals surface area (Å²) in [5.41, 5.74) is 6.72. The van der Waals surface area contributed by atoms with Crippen LogP contribution in [0.4, 0.5) is 5.69 Å². The summed E-state index contributed by atoms with van der Waals surface area (Å²) in [6.45, 7) is 6.71. The van der Waals surface area contributed by atoms with Crippen molar-refractivity contribution in [2.75, 3.05) is 33.1 Å². The van der Waals surface area contributed by atoms with Crippen LogP contribution in [0.15, 0.2) is 51.7 Å². The van der Waals surface area contributed by atoms with Crippen LogP contribution in [-0.4, -0.2) is 57.6 Å². The average molecular weight is 529 g/mol. The molecule has 2 heterocycles. The summed E-state index contributed by atoms with van der Waals surface area (Å²) in [6.07, 6.45) is 6.72. The van der Waals surface area contributed by atoms with Crippen molar-refractivity contribution < 1.29 is 14.5 Å². The fraction of sp³-hybridized carbons (Fsp3) is 0.280. The number of benzene rings is 1. The molecule has 0 saturated heterocycles. The van der Waals surface area contributed by atoms with E-state index in [0.717, 1.165) is 20.5 Å². The van der Waals surface area contributed by atoms with Gasteiger partial charge in [-0.25, -0.2) is 9.37 Å². The van der Waals surface area contributed by atoms with Crippen LogP contribution in [0.25, 0.3) is 5.57 Å². The van der Waals surface area contributed by atoms with Crippen LogP contribution in [0.3, 0.4) is 0 Å². The summed E-state index contributed by atoms with van der Waals surface area (Å²) in [5.74, 6) is -0.878. The second-order valence-electron chi connectivity index (χ2n) is 9.25. The lowest BCUT2D eigenvalue weighted by Gasteiger charge is -2.38. The molecule has 4 nitrogen and oxygen atoms in total. The van der Waals surface area contributed by atoms with Gasteiger partial charge in [0.1, 0.15) is 27.0 Å². The molecule has 0 atom stereocenters. The highest BCUT2D eigenvalue weighted by atomic mass is 79.9. The van der Waals surface area contributed by atoms with E-state index >= 15 is 0 Å². The first-order valence-electron chi connectivity index (χ1n) is 10.5. The zero-order valence-electron chi connectivity index (χ0n) is 19.5. The second kappa shape index (κ2) is 7.97. The van der Waals surface area contributed by atoms with E-state index in [1.54, 1.807) is 0 Å². The number of anilines is 1. The molecule has 1 aliphatic heterocycles. The Morgan fingerprint density at radius 3 is 2.44 bits per heavy atom. The van der Waals surface area contributed by atoms with Gasteiger partial charge in [-0.3, -0.25) is 0 Å². The number of aromatic carboxylic acids is 1. The fourth-order valence-electron chi connectivity index (χ4n) is 4.48. The summed E-state index contributed by atoms with van der Waals surface area (Å²) in [7, 11) is 6.27. The maximum Gasteiger partial charge on any atom is 0.346 e. The quantitative estimate of drug-likeness (QED) is 0.447. The van der Waals surface area contributed by atoms with Crippen LogP contribution in [0.1, 0.15) is 25.7 Å². The Morgan fingerprint density at radius 1 is 1.19 bits per heavy atom. The smallest absolute Gasteiger partial charge is 0.346 e.